The van der Waals surface area contributed by atoms with Crippen molar-refractivity contribution in [2.45, 2.75) is 9.79 Å². The molecule has 2 rings (SSSR count). The summed E-state index contributed by atoms with van der Waals surface area (Å²) in [6.07, 6.45) is 0. The Balaban J connectivity index is 1.94. The highest BCUT2D eigenvalue weighted by molar-refractivity contribution is 8.76. The first-order valence-corrected chi connectivity index (χ1v) is 9.80. The Bertz CT molecular complexity index is 685. The van der Waals surface area contributed by atoms with E-state index < -0.39 is 0 Å². The predicted molar refractivity (Wildman–Crippen MR) is 103 cm³/mol. The van der Waals surface area contributed by atoms with Crippen LogP contribution in [-0.4, -0.2) is 50.3 Å². The van der Waals surface area contributed by atoms with E-state index in [9.17, 15) is 9.59 Å². The van der Waals surface area contributed by atoms with Gasteiger partial charge in [-0.05, 0) is 48.5 Å². The van der Waals surface area contributed by atoms with Gasteiger partial charge in [-0.2, -0.15) is 0 Å². The summed E-state index contributed by atoms with van der Waals surface area (Å²) < 4.78 is 0. The highest BCUT2D eigenvalue weighted by Gasteiger charge is 2.12. The fourth-order valence-electron chi connectivity index (χ4n) is 1.93. The van der Waals surface area contributed by atoms with Gasteiger partial charge in [-0.25, -0.2) is 10.1 Å². The van der Waals surface area contributed by atoms with Crippen molar-refractivity contribution in [3.63, 3.8) is 0 Å². The van der Waals surface area contributed by atoms with E-state index in [1.807, 2.05) is 24.3 Å². The van der Waals surface area contributed by atoms with Crippen molar-refractivity contribution in [2.75, 3.05) is 28.3 Å². The largest absolute Gasteiger partial charge is 0.277 e. The lowest BCUT2D eigenvalue weighted by molar-refractivity contribution is -0.0757. The molecular weight excluding hydrogens is 372 g/mol. The van der Waals surface area contributed by atoms with E-state index in [-0.39, 0.29) is 11.8 Å². The third-order valence-corrected chi connectivity index (χ3v) is 5.97. The molecule has 0 saturated heterocycles. The highest BCUT2D eigenvalue weighted by atomic mass is 33.1. The molecule has 0 fully saturated rings. The lowest BCUT2D eigenvalue weighted by atomic mass is 10.2. The molecule has 2 aromatic carbocycles. The van der Waals surface area contributed by atoms with Crippen molar-refractivity contribution in [2.24, 2.45) is 0 Å². The van der Waals surface area contributed by atoms with Gasteiger partial charge >= 0.3 is 0 Å². The zero-order valence-corrected chi connectivity index (χ0v) is 16.6. The lowest BCUT2D eigenvalue weighted by Gasteiger charge is -2.14. The summed E-state index contributed by atoms with van der Waals surface area (Å²) >= 11 is 0. The van der Waals surface area contributed by atoms with Crippen LogP contribution in [0, 0.1) is 0 Å². The predicted octanol–water partition coefficient (Wildman–Crippen LogP) is 3.75. The van der Waals surface area contributed by atoms with Crippen molar-refractivity contribution in [1.82, 2.24) is 10.1 Å². The molecule has 2 aromatic rings. The van der Waals surface area contributed by atoms with E-state index in [0.717, 1.165) is 9.79 Å². The number of hydrogen-bond acceptors (Lipinski definition) is 6. The molecule has 0 aliphatic rings. The van der Waals surface area contributed by atoms with Crippen molar-refractivity contribution >= 4 is 33.4 Å². The van der Waals surface area contributed by atoms with E-state index in [0.29, 0.717) is 11.1 Å². The number of carbonyl (C=O) groups is 2. The van der Waals surface area contributed by atoms with Crippen LogP contribution in [0.15, 0.2) is 58.3 Å². The van der Waals surface area contributed by atoms with Crippen LogP contribution in [0.5, 0.6) is 0 Å². The minimum absolute atomic E-state index is 0.196. The molecule has 0 aliphatic heterocycles. The Kier molecular flexibility index (Phi) is 7.52. The Labute approximate surface area is 160 Å². The van der Waals surface area contributed by atoms with E-state index in [1.54, 1.807) is 59.9 Å². The average Bonchev–Trinajstić information content (AvgIpc) is 2.70. The monoisotopic (exact) mass is 392 g/mol. The molecule has 0 N–H and O–H groups in total. The molecule has 0 aliphatic carbocycles. The molecule has 0 radical (unpaired) electrons. The second kappa shape index (κ2) is 9.63. The van der Waals surface area contributed by atoms with Gasteiger partial charge in [0.25, 0.3) is 11.8 Å². The molecule has 0 heterocycles. The molecule has 0 aromatic heterocycles. The molecule has 2 amide bonds. The van der Waals surface area contributed by atoms with E-state index in [4.69, 9.17) is 9.68 Å². The topological polar surface area (TPSA) is 59.1 Å². The maximum Gasteiger partial charge on any atom is 0.277 e. The summed E-state index contributed by atoms with van der Waals surface area (Å²) in [5.74, 6) is -0.393. The van der Waals surface area contributed by atoms with Gasteiger partial charge in [-0.3, -0.25) is 19.3 Å². The van der Waals surface area contributed by atoms with Crippen molar-refractivity contribution in [1.29, 1.82) is 0 Å². The molecular formula is C18H20N2O4S2. The Hall–Kier alpha value is -2.00. The van der Waals surface area contributed by atoms with Crippen LogP contribution in [0.3, 0.4) is 0 Å². The molecule has 0 spiro atoms. The fraction of sp³-hybridized carbons (Fsp3) is 0.222. The summed E-state index contributed by atoms with van der Waals surface area (Å²) in [6.45, 7) is 0. The zero-order valence-electron chi connectivity index (χ0n) is 15.0. The van der Waals surface area contributed by atoms with E-state index in [2.05, 4.69) is 0 Å². The Morgan fingerprint density at radius 2 is 1.00 bits per heavy atom. The first-order chi connectivity index (χ1) is 12.5. The standard InChI is InChI=1S/C18H20N2O4S2/c1-19(23-3)17(21)13-5-9-15(10-6-13)25-26-16-11-7-14(8-12-16)18(22)20(2)24-4/h5-12H,1-4H3. The maximum absolute atomic E-state index is 12.0. The highest BCUT2D eigenvalue weighted by Crippen LogP contribution is 2.37. The second-order valence-electron chi connectivity index (χ2n) is 5.19. The Morgan fingerprint density at radius 1 is 0.692 bits per heavy atom. The number of amides is 2. The minimum atomic E-state index is -0.196. The number of benzene rings is 2. The van der Waals surface area contributed by atoms with Gasteiger partial charge in [-0.1, -0.05) is 21.6 Å². The van der Waals surface area contributed by atoms with Gasteiger partial charge in [0.05, 0.1) is 14.2 Å². The molecule has 6 nitrogen and oxygen atoms in total. The molecule has 8 heteroatoms. The second-order valence-corrected chi connectivity index (χ2v) is 7.46. The van der Waals surface area contributed by atoms with Crippen molar-refractivity contribution in [3.8, 4) is 0 Å². The average molecular weight is 393 g/mol. The minimum Gasteiger partial charge on any atom is -0.274 e. The first kappa shape index (κ1) is 20.3. The maximum atomic E-state index is 12.0. The van der Waals surface area contributed by atoms with Gasteiger partial charge in [-0.15, -0.1) is 0 Å². The van der Waals surface area contributed by atoms with E-state index in [1.165, 1.54) is 24.3 Å². The number of nitrogens with zero attached hydrogens (tertiary/aromatic N) is 2. The van der Waals surface area contributed by atoms with Crippen molar-refractivity contribution in [3.05, 3.63) is 59.7 Å². The quantitative estimate of drug-likeness (QED) is 0.528. The summed E-state index contributed by atoms with van der Waals surface area (Å²) in [4.78, 5) is 35.8. The van der Waals surface area contributed by atoms with Crippen LogP contribution in [0.4, 0.5) is 0 Å². The number of rotatable bonds is 7. The fourth-order valence-corrected chi connectivity index (χ4v) is 3.86. The summed E-state index contributed by atoms with van der Waals surface area (Å²) in [7, 11) is 9.18. The third kappa shape index (κ3) is 5.25. The molecule has 0 atom stereocenters. The van der Waals surface area contributed by atoms with Crippen molar-refractivity contribution < 1.29 is 19.3 Å². The Morgan fingerprint density at radius 3 is 1.27 bits per heavy atom. The molecule has 138 valence electrons. The van der Waals surface area contributed by atoms with Crippen LogP contribution >= 0.6 is 21.6 Å². The lowest BCUT2D eigenvalue weighted by Crippen LogP contribution is -2.25. The van der Waals surface area contributed by atoms with Gasteiger partial charge in [0.15, 0.2) is 0 Å². The summed E-state index contributed by atoms with van der Waals surface area (Å²) in [5, 5.41) is 2.36. The SMILES string of the molecule is CON(C)C(=O)c1ccc(SSc2ccc(C(=O)N(C)OC)cc2)cc1. The van der Waals surface area contributed by atoms with Crippen LogP contribution in [0.2, 0.25) is 0 Å². The van der Waals surface area contributed by atoms with Crippen LogP contribution < -0.4 is 0 Å². The first-order valence-electron chi connectivity index (χ1n) is 7.65. The van der Waals surface area contributed by atoms with Crippen LogP contribution in [0.1, 0.15) is 20.7 Å². The molecule has 0 unspecified atom stereocenters. The number of hydrogen-bond donors (Lipinski definition) is 0. The normalized spacial score (nSPS) is 10.5. The van der Waals surface area contributed by atoms with Gasteiger partial charge in [0, 0.05) is 35.0 Å². The van der Waals surface area contributed by atoms with Gasteiger partial charge in [0.1, 0.15) is 0 Å². The molecule has 0 bridgehead atoms. The van der Waals surface area contributed by atoms with Gasteiger partial charge in [0.2, 0.25) is 0 Å². The zero-order chi connectivity index (χ0) is 19.1. The van der Waals surface area contributed by atoms with Crippen LogP contribution in [-0.2, 0) is 9.68 Å². The number of carbonyl (C=O) groups excluding carboxylic acids is 2. The molecule has 0 saturated carbocycles. The summed E-state index contributed by atoms with van der Waals surface area (Å²) in [5.41, 5.74) is 1.13. The molecule has 26 heavy (non-hydrogen) atoms. The number of hydroxylamine groups is 4. The third-order valence-electron chi connectivity index (χ3n) is 3.56. The van der Waals surface area contributed by atoms with Crippen LogP contribution in [0.25, 0.3) is 0 Å². The van der Waals surface area contributed by atoms with Gasteiger partial charge < -0.3 is 0 Å². The smallest absolute Gasteiger partial charge is 0.274 e. The van der Waals surface area contributed by atoms with E-state index >= 15 is 0 Å². The summed E-state index contributed by atoms with van der Waals surface area (Å²) in [6, 6.07) is 14.6.